The zero-order chi connectivity index (χ0) is 12.5. The van der Waals surface area contributed by atoms with E-state index in [-0.39, 0.29) is 22.2 Å². The number of nitrogens with two attached hydrogens (primary N) is 1. The molecule has 1 rings (SSSR count). The first kappa shape index (κ1) is 12.2. The third-order valence-electron chi connectivity index (χ3n) is 2.04. The Balaban J connectivity index is 3.62. The number of nitrogens with zero attached hydrogens (tertiary/aromatic N) is 2. The number of rotatable bonds is 2. The summed E-state index contributed by atoms with van der Waals surface area (Å²) in [6.45, 7) is 2.90. The van der Waals surface area contributed by atoms with Crippen LogP contribution in [-0.2, 0) is 4.57 Å². The second-order valence-electron chi connectivity index (χ2n) is 3.65. The summed E-state index contributed by atoms with van der Waals surface area (Å²) >= 11 is 0. The fraction of sp³-hybridized carbons (Fsp3) is 0.222. The zero-order valence-corrected chi connectivity index (χ0v) is 9.69. The van der Waals surface area contributed by atoms with Crippen molar-refractivity contribution < 1.29 is 9.49 Å². The van der Waals surface area contributed by atoms with Crippen LogP contribution in [0.5, 0.6) is 0 Å². The summed E-state index contributed by atoms with van der Waals surface area (Å²) < 4.78 is 11.9. The van der Waals surface area contributed by atoms with Crippen molar-refractivity contribution in [2.75, 3.05) is 19.1 Å². The molecule has 2 N–H and O–H groups in total. The predicted octanol–water partition coefficient (Wildman–Crippen LogP) is 1.30. The van der Waals surface area contributed by atoms with E-state index in [1.165, 1.54) is 19.4 Å². The lowest BCUT2D eigenvalue weighted by molar-refractivity contribution is -0.383. The minimum absolute atomic E-state index is 0.0984. The van der Waals surface area contributed by atoms with Gasteiger partial charge < -0.3 is 10.3 Å². The standard InChI is InChI=1S/C9H10N3O3P/c1-16(2,15)9-4-8(12(13)14)7(11)3-6(9)5-10/h3-4H,11H2,1-2H3. The molecule has 0 aliphatic heterocycles. The monoisotopic (exact) mass is 239 g/mol. The van der Waals surface area contributed by atoms with Crippen molar-refractivity contribution in [2.45, 2.75) is 0 Å². The summed E-state index contributed by atoms with van der Waals surface area (Å²) in [6, 6.07) is 4.14. The minimum Gasteiger partial charge on any atom is -0.393 e. The largest absolute Gasteiger partial charge is 0.393 e. The number of nitriles is 1. The molecule has 6 nitrogen and oxygen atoms in total. The van der Waals surface area contributed by atoms with Crippen LogP contribution in [-0.4, -0.2) is 18.3 Å². The average molecular weight is 239 g/mol. The van der Waals surface area contributed by atoms with E-state index in [0.717, 1.165) is 6.07 Å². The van der Waals surface area contributed by atoms with Crippen LogP contribution in [0, 0.1) is 21.4 Å². The normalized spacial score (nSPS) is 10.8. The van der Waals surface area contributed by atoms with Gasteiger partial charge in [-0.05, 0) is 19.4 Å². The number of anilines is 1. The SMILES string of the molecule is CP(C)(=O)c1cc([N+](=O)[O-])c(N)cc1C#N. The van der Waals surface area contributed by atoms with Crippen LogP contribution in [0.25, 0.3) is 0 Å². The third-order valence-corrected chi connectivity index (χ3v) is 3.57. The van der Waals surface area contributed by atoms with Gasteiger partial charge in [0.15, 0.2) is 0 Å². The van der Waals surface area contributed by atoms with E-state index < -0.39 is 12.1 Å². The summed E-state index contributed by atoms with van der Waals surface area (Å²) in [5, 5.41) is 19.7. The van der Waals surface area contributed by atoms with Gasteiger partial charge in [-0.1, -0.05) is 0 Å². The van der Waals surface area contributed by atoms with Gasteiger partial charge in [-0.15, -0.1) is 0 Å². The van der Waals surface area contributed by atoms with Crippen molar-refractivity contribution in [3.05, 3.63) is 27.8 Å². The number of nitro groups is 1. The van der Waals surface area contributed by atoms with E-state index in [1.807, 2.05) is 6.07 Å². The Morgan fingerprint density at radius 3 is 2.44 bits per heavy atom. The van der Waals surface area contributed by atoms with E-state index in [9.17, 15) is 14.7 Å². The Kier molecular flexibility index (Phi) is 3.02. The highest BCUT2D eigenvalue weighted by atomic mass is 31.2. The highest BCUT2D eigenvalue weighted by Gasteiger charge is 2.22. The quantitative estimate of drug-likeness (QED) is 0.362. The van der Waals surface area contributed by atoms with Gasteiger partial charge in [0.05, 0.1) is 16.6 Å². The van der Waals surface area contributed by atoms with E-state index in [4.69, 9.17) is 11.0 Å². The van der Waals surface area contributed by atoms with E-state index in [2.05, 4.69) is 0 Å². The highest BCUT2D eigenvalue weighted by Crippen LogP contribution is 2.38. The topological polar surface area (TPSA) is 110 Å². The number of nitrogen functional groups attached to an aromatic ring is 1. The molecule has 0 heterocycles. The predicted molar refractivity (Wildman–Crippen MR) is 61.3 cm³/mol. The van der Waals surface area contributed by atoms with Crippen molar-refractivity contribution >= 4 is 23.8 Å². The summed E-state index contributed by atoms with van der Waals surface area (Å²) in [6.07, 6.45) is 0. The maximum Gasteiger partial charge on any atom is 0.292 e. The first-order valence-electron chi connectivity index (χ1n) is 4.31. The highest BCUT2D eigenvalue weighted by molar-refractivity contribution is 7.70. The van der Waals surface area contributed by atoms with Crippen LogP contribution in [0.3, 0.4) is 0 Å². The molecule has 16 heavy (non-hydrogen) atoms. The van der Waals surface area contributed by atoms with Gasteiger partial charge >= 0.3 is 0 Å². The van der Waals surface area contributed by atoms with Crippen LogP contribution < -0.4 is 11.0 Å². The molecule has 7 heteroatoms. The second-order valence-corrected chi connectivity index (χ2v) is 6.83. The molecular weight excluding hydrogens is 229 g/mol. The molecular formula is C9H10N3O3P. The molecule has 1 aromatic carbocycles. The molecule has 84 valence electrons. The summed E-state index contributed by atoms with van der Waals surface area (Å²) in [7, 11) is -2.74. The van der Waals surface area contributed by atoms with Gasteiger partial charge in [0.25, 0.3) is 5.69 Å². The van der Waals surface area contributed by atoms with Crippen molar-refractivity contribution in [1.82, 2.24) is 0 Å². The number of benzene rings is 1. The van der Waals surface area contributed by atoms with Crippen molar-refractivity contribution in [3.63, 3.8) is 0 Å². The Morgan fingerprint density at radius 2 is 2.06 bits per heavy atom. The molecule has 0 atom stereocenters. The van der Waals surface area contributed by atoms with Crippen LogP contribution in [0.15, 0.2) is 12.1 Å². The Bertz CT molecular complexity index is 542. The number of hydrogen-bond acceptors (Lipinski definition) is 5. The minimum atomic E-state index is -2.74. The van der Waals surface area contributed by atoms with E-state index in [1.54, 1.807) is 0 Å². The first-order chi connectivity index (χ1) is 7.27. The Hall–Kier alpha value is -1.86. The van der Waals surface area contributed by atoms with Crippen LogP contribution in [0.2, 0.25) is 0 Å². The fourth-order valence-corrected chi connectivity index (χ4v) is 2.42. The molecule has 0 aromatic heterocycles. The van der Waals surface area contributed by atoms with Gasteiger partial charge in [-0.25, -0.2) is 0 Å². The van der Waals surface area contributed by atoms with E-state index >= 15 is 0 Å². The van der Waals surface area contributed by atoms with Gasteiger partial charge in [-0.3, -0.25) is 10.1 Å². The molecule has 0 aliphatic rings. The maximum atomic E-state index is 11.9. The molecule has 0 fully saturated rings. The third kappa shape index (κ3) is 2.20. The van der Waals surface area contributed by atoms with E-state index in [0.29, 0.717) is 0 Å². The van der Waals surface area contributed by atoms with Gasteiger partial charge in [0.1, 0.15) is 12.8 Å². The molecule has 0 saturated heterocycles. The fourth-order valence-electron chi connectivity index (χ4n) is 1.29. The summed E-state index contributed by atoms with van der Waals surface area (Å²) in [5.41, 5.74) is 5.13. The van der Waals surface area contributed by atoms with Crippen LogP contribution in [0.1, 0.15) is 5.56 Å². The summed E-state index contributed by atoms with van der Waals surface area (Å²) in [5.74, 6) is 0. The molecule has 0 saturated carbocycles. The molecule has 0 aliphatic carbocycles. The van der Waals surface area contributed by atoms with Crippen molar-refractivity contribution in [1.29, 1.82) is 5.26 Å². The number of hydrogen-bond donors (Lipinski definition) is 1. The summed E-state index contributed by atoms with van der Waals surface area (Å²) in [4.78, 5) is 10.00. The second kappa shape index (κ2) is 3.95. The van der Waals surface area contributed by atoms with Crippen LogP contribution >= 0.6 is 7.14 Å². The zero-order valence-electron chi connectivity index (χ0n) is 8.80. The van der Waals surface area contributed by atoms with Crippen molar-refractivity contribution in [2.24, 2.45) is 0 Å². The van der Waals surface area contributed by atoms with Crippen LogP contribution in [0.4, 0.5) is 11.4 Å². The average Bonchev–Trinajstić information content (AvgIpc) is 2.14. The van der Waals surface area contributed by atoms with Gasteiger partial charge in [-0.2, -0.15) is 5.26 Å². The van der Waals surface area contributed by atoms with Crippen molar-refractivity contribution in [3.8, 4) is 6.07 Å². The molecule has 0 amide bonds. The molecule has 1 aromatic rings. The molecule has 0 radical (unpaired) electrons. The lowest BCUT2D eigenvalue weighted by Crippen LogP contribution is -2.11. The first-order valence-corrected chi connectivity index (χ1v) is 6.91. The smallest absolute Gasteiger partial charge is 0.292 e. The Morgan fingerprint density at radius 1 is 1.50 bits per heavy atom. The van der Waals surface area contributed by atoms with Gasteiger partial charge in [0.2, 0.25) is 0 Å². The lowest BCUT2D eigenvalue weighted by atomic mass is 10.2. The Labute approximate surface area is 92.2 Å². The molecule has 0 unspecified atom stereocenters. The lowest BCUT2D eigenvalue weighted by Gasteiger charge is -2.09. The molecule has 0 bridgehead atoms. The maximum absolute atomic E-state index is 11.9. The number of nitro benzene ring substituents is 1. The molecule has 0 spiro atoms. The van der Waals surface area contributed by atoms with Gasteiger partial charge in [0, 0.05) is 11.4 Å².